The average Bonchev–Trinajstić information content (AvgIpc) is 2.94. The van der Waals surface area contributed by atoms with Gasteiger partial charge >= 0.3 is 0 Å². The normalized spacial score (nSPS) is 14.8. The molecule has 1 aliphatic rings. The Balaban J connectivity index is 1.57. The van der Waals surface area contributed by atoms with Crippen molar-refractivity contribution in [2.45, 2.75) is 32.0 Å². The smallest absolute Gasteiger partial charge is 0.185 e. The lowest BCUT2D eigenvalue weighted by Gasteiger charge is -2.14. The molecular formula is C13H16BrN3S2. The van der Waals surface area contributed by atoms with Crippen molar-refractivity contribution in [3.05, 3.63) is 31.9 Å². The molecule has 0 aliphatic heterocycles. The van der Waals surface area contributed by atoms with Crippen molar-refractivity contribution in [2.75, 3.05) is 11.9 Å². The Labute approximate surface area is 129 Å². The highest BCUT2D eigenvalue weighted by molar-refractivity contribution is 9.11. The molecule has 0 bridgehead atoms. The van der Waals surface area contributed by atoms with E-state index >= 15 is 0 Å². The van der Waals surface area contributed by atoms with Gasteiger partial charge in [-0.15, -0.1) is 22.7 Å². The van der Waals surface area contributed by atoms with E-state index in [1.165, 1.54) is 22.2 Å². The lowest BCUT2D eigenvalue weighted by Crippen LogP contribution is -2.17. The Morgan fingerprint density at radius 3 is 2.95 bits per heavy atom. The summed E-state index contributed by atoms with van der Waals surface area (Å²) in [5.74, 6) is 0. The highest BCUT2D eigenvalue weighted by atomic mass is 79.9. The summed E-state index contributed by atoms with van der Waals surface area (Å²) in [6.07, 6.45) is 2.65. The number of nitrogens with zero attached hydrogens (tertiary/aromatic N) is 2. The summed E-state index contributed by atoms with van der Waals surface area (Å²) < 4.78 is 1.18. The Morgan fingerprint density at radius 1 is 1.42 bits per heavy atom. The summed E-state index contributed by atoms with van der Waals surface area (Å²) >= 11 is 6.95. The summed E-state index contributed by atoms with van der Waals surface area (Å²) in [5, 5.41) is 8.93. The number of rotatable bonds is 6. The molecule has 1 N–H and O–H groups in total. The molecule has 2 aromatic heterocycles. The van der Waals surface area contributed by atoms with Gasteiger partial charge in [-0.05, 0) is 45.8 Å². The van der Waals surface area contributed by atoms with Crippen LogP contribution in [0.2, 0.25) is 0 Å². The van der Waals surface area contributed by atoms with Gasteiger partial charge in [0.1, 0.15) is 0 Å². The maximum Gasteiger partial charge on any atom is 0.185 e. The van der Waals surface area contributed by atoms with Gasteiger partial charge in [-0.3, -0.25) is 0 Å². The van der Waals surface area contributed by atoms with Crippen LogP contribution in [0.4, 0.5) is 5.13 Å². The summed E-state index contributed by atoms with van der Waals surface area (Å²) in [6, 6.07) is 2.91. The molecule has 0 saturated heterocycles. The molecule has 102 valence electrons. The molecule has 6 heteroatoms. The third-order valence-electron chi connectivity index (χ3n) is 3.06. The SMILES string of the molecule is CN(Cc1csc(Br)c1)c1nc(CNC2CC2)cs1. The monoisotopic (exact) mass is 357 g/mol. The van der Waals surface area contributed by atoms with E-state index in [-0.39, 0.29) is 0 Å². The predicted octanol–water partition coefficient (Wildman–Crippen LogP) is 3.86. The van der Waals surface area contributed by atoms with Crippen LogP contribution in [0, 0.1) is 0 Å². The van der Waals surface area contributed by atoms with Crippen LogP contribution in [0.15, 0.2) is 20.6 Å². The minimum absolute atomic E-state index is 0.742. The zero-order valence-electron chi connectivity index (χ0n) is 10.7. The van der Waals surface area contributed by atoms with Crippen molar-refractivity contribution >= 4 is 43.7 Å². The fraction of sp³-hybridized carbons (Fsp3) is 0.462. The molecule has 1 aliphatic carbocycles. The van der Waals surface area contributed by atoms with Crippen molar-refractivity contribution in [2.24, 2.45) is 0 Å². The first kappa shape index (κ1) is 13.5. The number of thiazole rings is 1. The van der Waals surface area contributed by atoms with E-state index in [2.05, 4.69) is 55.0 Å². The summed E-state index contributed by atoms with van der Waals surface area (Å²) in [5.41, 5.74) is 2.48. The fourth-order valence-corrected chi connectivity index (χ4v) is 3.85. The van der Waals surface area contributed by atoms with Crippen molar-refractivity contribution < 1.29 is 0 Å². The number of aromatic nitrogens is 1. The first-order valence-electron chi connectivity index (χ1n) is 6.32. The van der Waals surface area contributed by atoms with E-state index < -0.39 is 0 Å². The average molecular weight is 358 g/mol. The van der Waals surface area contributed by atoms with Crippen molar-refractivity contribution in [3.63, 3.8) is 0 Å². The molecule has 19 heavy (non-hydrogen) atoms. The minimum atomic E-state index is 0.742. The number of thiophene rings is 1. The molecule has 1 saturated carbocycles. The van der Waals surface area contributed by atoms with Gasteiger partial charge in [0, 0.05) is 31.6 Å². The third-order valence-corrected chi connectivity index (χ3v) is 5.61. The van der Waals surface area contributed by atoms with Gasteiger partial charge in [0.15, 0.2) is 5.13 Å². The van der Waals surface area contributed by atoms with Gasteiger partial charge in [-0.25, -0.2) is 4.98 Å². The standard InChI is InChI=1S/C13H16BrN3S2/c1-17(6-9-4-12(14)18-7-9)13-16-11(8-19-13)5-15-10-2-3-10/h4,7-8,10,15H,2-3,5-6H2,1H3. The Morgan fingerprint density at radius 2 is 2.26 bits per heavy atom. The first-order chi connectivity index (χ1) is 9.20. The van der Waals surface area contributed by atoms with Crippen LogP contribution < -0.4 is 10.2 Å². The summed E-state index contributed by atoms with van der Waals surface area (Å²) in [7, 11) is 2.10. The van der Waals surface area contributed by atoms with Crippen molar-refractivity contribution in [1.29, 1.82) is 0 Å². The first-order valence-corrected chi connectivity index (χ1v) is 8.88. The second-order valence-electron chi connectivity index (χ2n) is 4.89. The number of hydrogen-bond acceptors (Lipinski definition) is 5. The number of halogens is 1. The molecule has 0 radical (unpaired) electrons. The summed E-state index contributed by atoms with van der Waals surface area (Å²) in [4.78, 5) is 6.89. The van der Waals surface area contributed by atoms with Crippen molar-refractivity contribution in [1.82, 2.24) is 10.3 Å². The largest absolute Gasteiger partial charge is 0.347 e. The molecule has 2 heterocycles. The quantitative estimate of drug-likeness (QED) is 0.850. The molecule has 3 rings (SSSR count). The topological polar surface area (TPSA) is 28.2 Å². The van der Waals surface area contributed by atoms with Gasteiger partial charge in [0.25, 0.3) is 0 Å². The van der Waals surface area contributed by atoms with Crippen LogP contribution in [-0.2, 0) is 13.1 Å². The molecule has 0 unspecified atom stereocenters. The van der Waals surface area contributed by atoms with Crippen molar-refractivity contribution in [3.8, 4) is 0 Å². The van der Waals surface area contributed by atoms with E-state index in [4.69, 9.17) is 0 Å². The predicted molar refractivity (Wildman–Crippen MR) is 86.1 cm³/mol. The molecule has 0 amide bonds. The second kappa shape index (κ2) is 5.91. The Bertz CT molecular complexity index is 548. The lowest BCUT2D eigenvalue weighted by atomic mass is 10.3. The van der Waals surface area contributed by atoms with Gasteiger partial charge in [0.2, 0.25) is 0 Å². The number of nitrogens with one attached hydrogen (secondary N) is 1. The molecule has 0 atom stereocenters. The van der Waals surface area contributed by atoms with E-state index in [0.29, 0.717) is 0 Å². The molecule has 2 aromatic rings. The fourth-order valence-electron chi connectivity index (χ4n) is 1.86. The van der Waals surface area contributed by atoms with Crippen LogP contribution in [0.1, 0.15) is 24.1 Å². The van der Waals surface area contributed by atoms with E-state index in [9.17, 15) is 0 Å². The lowest BCUT2D eigenvalue weighted by molar-refractivity contribution is 0.676. The van der Waals surface area contributed by atoms with Crippen LogP contribution in [0.5, 0.6) is 0 Å². The van der Waals surface area contributed by atoms with Crippen LogP contribution in [0.3, 0.4) is 0 Å². The van der Waals surface area contributed by atoms with Gasteiger partial charge < -0.3 is 10.2 Å². The van der Waals surface area contributed by atoms with E-state index in [1.807, 2.05) is 0 Å². The zero-order chi connectivity index (χ0) is 13.2. The van der Waals surface area contributed by atoms with E-state index in [0.717, 1.165) is 30.0 Å². The Kier molecular flexibility index (Phi) is 4.21. The molecular weight excluding hydrogens is 342 g/mol. The number of anilines is 1. The maximum absolute atomic E-state index is 4.69. The summed E-state index contributed by atoms with van der Waals surface area (Å²) in [6.45, 7) is 1.81. The zero-order valence-corrected chi connectivity index (χ0v) is 13.9. The van der Waals surface area contributed by atoms with Gasteiger partial charge in [-0.2, -0.15) is 0 Å². The highest BCUT2D eigenvalue weighted by Crippen LogP contribution is 2.25. The van der Waals surface area contributed by atoms with E-state index in [1.54, 1.807) is 22.7 Å². The van der Waals surface area contributed by atoms with Crippen LogP contribution in [-0.4, -0.2) is 18.1 Å². The minimum Gasteiger partial charge on any atom is -0.347 e. The van der Waals surface area contributed by atoms with Crippen LogP contribution >= 0.6 is 38.6 Å². The molecule has 3 nitrogen and oxygen atoms in total. The van der Waals surface area contributed by atoms with Gasteiger partial charge in [0.05, 0.1) is 9.48 Å². The molecule has 1 fully saturated rings. The second-order valence-corrected chi connectivity index (χ2v) is 8.02. The highest BCUT2D eigenvalue weighted by Gasteiger charge is 2.20. The molecule has 0 spiro atoms. The Hall–Kier alpha value is -0.430. The van der Waals surface area contributed by atoms with Gasteiger partial charge in [-0.1, -0.05) is 0 Å². The van der Waals surface area contributed by atoms with Crippen LogP contribution in [0.25, 0.3) is 0 Å². The third kappa shape index (κ3) is 3.78. The number of hydrogen-bond donors (Lipinski definition) is 1. The molecule has 0 aromatic carbocycles. The maximum atomic E-state index is 4.69.